The molecule has 1 aromatic heterocycles. The zero-order chi connectivity index (χ0) is 21.7. The molecule has 3 rings (SSSR count). The van der Waals surface area contributed by atoms with Crippen molar-refractivity contribution in [2.24, 2.45) is 5.41 Å². The molecule has 162 valence electrons. The Labute approximate surface area is 176 Å². The van der Waals surface area contributed by atoms with Gasteiger partial charge in [-0.05, 0) is 52.2 Å². The maximum Gasteiger partial charge on any atom is 0.228 e. The zero-order valence-electron chi connectivity index (χ0n) is 18.2. The molecule has 0 bridgehead atoms. The number of piperidine rings is 1. The second kappa shape index (κ2) is 9.28. The molecule has 8 heteroatoms. The Hall–Kier alpha value is -2.90. The molecular weight excluding hydrogens is 384 g/mol. The molecule has 1 N–H and O–H groups in total. The molecule has 1 fully saturated rings. The van der Waals surface area contributed by atoms with Crippen LogP contribution in [0, 0.1) is 26.2 Å². The number of amides is 2. The van der Waals surface area contributed by atoms with Crippen molar-refractivity contribution >= 4 is 11.8 Å². The van der Waals surface area contributed by atoms with E-state index in [0.717, 1.165) is 24.2 Å². The normalized spacial score (nSPS) is 18.9. The fourth-order valence-corrected chi connectivity index (χ4v) is 3.80. The maximum absolute atomic E-state index is 12.8. The number of aryl methyl sites for hydroxylation is 3. The fourth-order valence-electron chi connectivity index (χ4n) is 3.80. The van der Waals surface area contributed by atoms with Gasteiger partial charge in [0.05, 0.1) is 18.4 Å². The molecule has 1 atom stereocenters. The first-order chi connectivity index (χ1) is 14.3. The molecule has 1 aromatic carbocycles. The highest BCUT2D eigenvalue weighted by molar-refractivity contribution is 5.84. The van der Waals surface area contributed by atoms with Gasteiger partial charge in [-0.25, -0.2) is 4.63 Å². The lowest BCUT2D eigenvalue weighted by Crippen LogP contribution is -2.52. The van der Waals surface area contributed by atoms with Crippen molar-refractivity contribution in [3.05, 3.63) is 40.7 Å². The summed E-state index contributed by atoms with van der Waals surface area (Å²) in [7, 11) is 0. The molecule has 0 radical (unpaired) electrons. The molecule has 8 nitrogen and oxygen atoms in total. The van der Waals surface area contributed by atoms with E-state index >= 15 is 0 Å². The Morgan fingerprint density at radius 3 is 2.77 bits per heavy atom. The second-order valence-electron chi connectivity index (χ2n) is 8.33. The van der Waals surface area contributed by atoms with E-state index in [-0.39, 0.29) is 18.2 Å². The van der Waals surface area contributed by atoms with Gasteiger partial charge < -0.3 is 15.0 Å². The Balaban J connectivity index is 1.49. The van der Waals surface area contributed by atoms with Gasteiger partial charge in [-0.3, -0.25) is 9.59 Å². The summed E-state index contributed by atoms with van der Waals surface area (Å²) in [6, 6.07) is 6.02. The number of rotatable bonds is 7. The Bertz CT molecular complexity index is 910. The van der Waals surface area contributed by atoms with E-state index < -0.39 is 5.41 Å². The summed E-state index contributed by atoms with van der Waals surface area (Å²) in [5.74, 6) is 0.711. The molecule has 2 aromatic rings. The predicted octanol–water partition coefficient (Wildman–Crippen LogP) is 2.36. The monoisotopic (exact) mass is 414 g/mol. The number of hydrogen-bond donors (Lipinski definition) is 1. The standard InChI is InChI=1S/C22H30N4O4/c1-15-6-7-19(16(2)12-15)29-11-9-23-21(28)22(4)8-5-10-26(14-22)20(27)13-18-17(3)24-30-25-18/h6-7,12H,5,8-11,13-14H2,1-4H3,(H,23,28)/t22-/m1/s1. The van der Waals surface area contributed by atoms with Crippen LogP contribution < -0.4 is 10.1 Å². The van der Waals surface area contributed by atoms with Gasteiger partial charge >= 0.3 is 0 Å². The lowest BCUT2D eigenvalue weighted by Gasteiger charge is -2.39. The first kappa shape index (κ1) is 21.8. The number of aromatic nitrogens is 2. The van der Waals surface area contributed by atoms with Crippen molar-refractivity contribution in [3.63, 3.8) is 0 Å². The predicted molar refractivity (Wildman–Crippen MR) is 111 cm³/mol. The minimum absolute atomic E-state index is 0.0523. The average molecular weight is 415 g/mol. The summed E-state index contributed by atoms with van der Waals surface area (Å²) >= 11 is 0. The van der Waals surface area contributed by atoms with Crippen molar-refractivity contribution in [1.82, 2.24) is 20.5 Å². The number of carbonyl (C=O) groups excluding carboxylic acids is 2. The molecule has 30 heavy (non-hydrogen) atoms. The molecule has 0 saturated carbocycles. The smallest absolute Gasteiger partial charge is 0.228 e. The summed E-state index contributed by atoms with van der Waals surface area (Å²) in [6.07, 6.45) is 1.66. The van der Waals surface area contributed by atoms with Crippen molar-refractivity contribution < 1.29 is 19.0 Å². The van der Waals surface area contributed by atoms with E-state index in [2.05, 4.69) is 26.3 Å². The van der Waals surface area contributed by atoms with Gasteiger partial charge in [0.1, 0.15) is 23.7 Å². The highest BCUT2D eigenvalue weighted by Crippen LogP contribution is 2.30. The molecule has 1 aliphatic rings. The molecular formula is C22H30N4O4. The minimum Gasteiger partial charge on any atom is -0.491 e. The summed E-state index contributed by atoms with van der Waals surface area (Å²) in [4.78, 5) is 27.2. The topological polar surface area (TPSA) is 97.6 Å². The average Bonchev–Trinajstić information content (AvgIpc) is 3.11. The van der Waals surface area contributed by atoms with Gasteiger partial charge in [-0.2, -0.15) is 0 Å². The summed E-state index contributed by atoms with van der Waals surface area (Å²) < 4.78 is 10.5. The van der Waals surface area contributed by atoms with Gasteiger partial charge in [0.2, 0.25) is 11.8 Å². The number of carbonyl (C=O) groups is 2. The molecule has 0 unspecified atom stereocenters. The van der Waals surface area contributed by atoms with Crippen molar-refractivity contribution in [3.8, 4) is 5.75 Å². The fraction of sp³-hybridized carbons (Fsp3) is 0.545. The number of hydrogen-bond acceptors (Lipinski definition) is 6. The third-order valence-electron chi connectivity index (χ3n) is 5.64. The van der Waals surface area contributed by atoms with Crippen LogP contribution in [0.1, 0.15) is 42.3 Å². The van der Waals surface area contributed by atoms with Crippen molar-refractivity contribution in [2.45, 2.75) is 47.0 Å². The molecule has 0 spiro atoms. The molecule has 1 aliphatic heterocycles. The van der Waals surface area contributed by atoms with Crippen LogP contribution in [0.15, 0.2) is 22.8 Å². The highest BCUT2D eigenvalue weighted by atomic mass is 16.6. The number of benzene rings is 1. The first-order valence-electron chi connectivity index (χ1n) is 10.3. The van der Waals surface area contributed by atoms with Crippen LogP contribution in [0.5, 0.6) is 5.75 Å². The van der Waals surface area contributed by atoms with E-state index in [9.17, 15) is 9.59 Å². The van der Waals surface area contributed by atoms with Gasteiger partial charge in [-0.1, -0.05) is 28.0 Å². The summed E-state index contributed by atoms with van der Waals surface area (Å²) in [6.45, 7) is 9.56. The zero-order valence-corrected chi connectivity index (χ0v) is 18.2. The molecule has 0 aliphatic carbocycles. The molecule has 1 saturated heterocycles. The van der Waals surface area contributed by atoms with Crippen LogP contribution in [0.2, 0.25) is 0 Å². The number of ether oxygens (including phenoxy) is 1. The minimum atomic E-state index is -0.620. The second-order valence-corrected chi connectivity index (χ2v) is 8.33. The van der Waals surface area contributed by atoms with E-state index in [0.29, 0.717) is 37.6 Å². The lowest BCUT2D eigenvalue weighted by atomic mass is 9.80. The first-order valence-corrected chi connectivity index (χ1v) is 10.3. The van der Waals surface area contributed by atoms with E-state index in [1.165, 1.54) is 5.56 Å². The van der Waals surface area contributed by atoms with E-state index in [1.54, 1.807) is 11.8 Å². The van der Waals surface area contributed by atoms with Gasteiger partial charge in [0, 0.05) is 13.1 Å². The third-order valence-corrected chi connectivity index (χ3v) is 5.64. The Morgan fingerprint density at radius 1 is 1.27 bits per heavy atom. The molecule has 2 heterocycles. The Kier molecular flexibility index (Phi) is 6.74. The van der Waals surface area contributed by atoms with Gasteiger partial charge in [0.25, 0.3) is 0 Å². The van der Waals surface area contributed by atoms with Crippen LogP contribution in [0.25, 0.3) is 0 Å². The maximum atomic E-state index is 12.8. The van der Waals surface area contributed by atoms with Gasteiger partial charge in [0.15, 0.2) is 0 Å². The quantitative estimate of drug-likeness (QED) is 0.699. The van der Waals surface area contributed by atoms with Gasteiger partial charge in [-0.15, -0.1) is 0 Å². The van der Waals surface area contributed by atoms with Crippen LogP contribution in [-0.4, -0.2) is 53.3 Å². The van der Waals surface area contributed by atoms with Crippen LogP contribution >= 0.6 is 0 Å². The molecule has 2 amide bonds. The number of nitrogens with zero attached hydrogens (tertiary/aromatic N) is 3. The van der Waals surface area contributed by atoms with E-state index in [4.69, 9.17) is 4.74 Å². The highest BCUT2D eigenvalue weighted by Gasteiger charge is 2.39. The largest absolute Gasteiger partial charge is 0.491 e. The van der Waals surface area contributed by atoms with Crippen LogP contribution in [0.4, 0.5) is 0 Å². The van der Waals surface area contributed by atoms with Crippen molar-refractivity contribution in [1.29, 1.82) is 0 Å². The van der Waals surface area contributed by atoms with Crippen LogP contribution in [0.3, 0.4) is 0 Å². The van der Waals surface area contributed by atoms with Crippen LogP contribution in [-0.2, 0) is 16.0 Å². The SMILES string of the molecule is Cc1ccc(OCCNC(=O)[C@]2(C)CCCN(C(=O)Cc3nonc3C)C2)c(C)c1. The van der Waals surface area contributed by atoms with E-state index in [1.807, 2.05) is 32.9 Å². The lowest BCUT2D eigenvalue weighted by molar-refractivity contribution is -0.140. The summed E-state index contributed by atoms with van der Waals surface area (Å²) in [5, 5.41) is 10.5. The number of nitrogens with one attached hydrogen (secondary N) is 1. The third kappa shape index (κ3) is 5.17. The summed E-state index contributed by atoms with van der Waals surface area (Å²) in [5.41, 5.74) is 2.80. The number of likely N-dealkylation sites (tertiary alicyclic amines) is 1. The Morgan fingerprint density at radius 2 is 2.07 bits per heavy atom. The van der Waals surface area contributed by atoms with Crippen molar-refractivity contribution in [2.75, 3.05) is 26.2 Å².